The van der Waals surface area contributed by atoms with Crippen LogP contribution in [0.1, 0.15) is 21.7 Å². The van der Waals surface area contributed by atoms with Gasteiger partial charge in [0.05, 0.1) is 11.6 Å². The highest BCUT2D eigenvalue weighted by Crippen LogP contribution is 2.10. The zero-order valence-corrected chi connectivity index (χ0v) is 14.2. The molecule has 0 aliphatic heterocycles. The molecular weight excluding hydrogens is 330 g/mol. The number of hydrogen-bond donors (Lipinski definition) is 2. The number of aromatic nitrogens is 4. The second-order valence-corrected chi connectivity index (χ2v) is 5.48. The van der Waals surface area contributed by atoms with Crippen LogP contribution in [0.5, 0.6) is 0 Å². The number of amides is 1. The lowest BCUT2D eigenvalue weighted by atomic mass is 10.1. The summed E-state index contributed by atoms with van der Waals surface area (Å²) in [6, 6.07) is 10.3. The monoisotopic (exact) mass is 347 g/mol. The van der Waals surface area contributed by atoms with Crippen LogP contribution in [-0.4, -0.2) is 38.5 Å². The molecule has 2 heterocycles. The minimum absolute atomic E-state index is 0.186. The first-order valence-electron chi connectivity index (χ1n) is 8.02. The molecule has 26 heavy (non-hydrogen) atoms. The van der Waals surface area contributed by atoms with Gasteiger partial charge in [-0.05, 0) is 31.2 Å². The summed E-state index contributed by atoms with van der Waals surface area (Å²) in [7, 11) is 0. The van der Waals surface area contributed by atoms with Crippen LogP contribution >= 0.6 is 0 Å². The molecule has 1 aromatic carbocycles. The maximum absolute atomic E-state index is 12.0. The maximum Gasteiger partial charge on any atom is 0.251 e. The third kappa shape index (κ3) is 4.02. The van der Waals surface area contributed by atoms with E-state index >= 15 is 0 Å². The van der Waals surface area contributed by atoms with E-state index in [0.29, 0.717) is 30.0 Å². The molecule has 0 saturated carbocycles. The number of hydrogen-bond acceptors (Lipinski definition) is 6. The highest BCUT2D eigenvalue weighted by atomic mass is 16.1. The summed E-state index contributed by atoms with van der Waals surface area (Å²) in [5.74, 6) is 2.04. The molecule has 3 rings (SSSR count). The molecule has 0 bridgehead atoms. The first-order chi connectivity index (χ1) is 12.7. The Kier molecular flexibility index (Phi) is 5.19. The Morgan fingerprint density at radius 1 is 1.19 bits per heavy atom. The number of aryl methyl sites for hydroxylation is 1. The van der Waals surface area contributed by atoms with Crippen molar-refractivity contribution in [3.63, 3.8) is 0 Å². The van der Waals surface area contributed by atoms with Crippen LogP contribution in [0.15, 0.2) is 49.1 Å². The smallest absolute Gasteiger partial charge is 0.251 e. The van der Waals surface area contributed by atoms with Crippen molar-refractivity contribution in [1.82, 2.24) is 24.8 Å². The van der Waals surface area contributed by atoms with Crippen LogP contribution in [0.4, 0.5) is 5.82 Å². The molecule has 0 atom stereocenters. The van der Waals surface area contributed by atoms with E-state index in [0.717, 1.165) is 11.6 Å². The van der Waals surface area contributed by atoms with Crippen LogP contribution < -0.4 is 10.6 Å². The fourth-order valence-electron chi connectivity index (χ4n) is 2.36. The highest BCUT2D eigenvalue weighted by molar-refractivity contribution is 5.94. The van der Waals surface area contributed by atoms with Crippen molar-refractivity contribution in [1.29, 1.82) is 5.26 Å². The van der Waals surface area contributed by atoms with E-state index in [-0.39, 0.29) is 5.91 Å². The van der Waals surface area contributed by atoms with E-state index in [4.69, 9.17) is 5.26 Å². The SMILES string of the molecule is Cc1nccn1-c1cc(NCCNC(=O)c2ccc(C#N)cc2)ncn1. The zero-order chi connectivity index (χ0) is 18.4. The zero-order valence-electron chi connectivity index (χ0n) is 14.2. The average Bonchev–Trinajstić information content (AvgIpc) is 3.11. The number of imidazole rings is 1. The molecular formula is C18H17N7O. The van der Waals surface area contributed by atoms with Crippen molar-refractivity contribution in [3.05, 3.63) is 66.0 Å². The predicted molar refractivity (Wildman–Crippen MR) is 95.9 cm³/mol. The van der Waals surface area contributed by atoms with Crippen molar-refractivity contribution in [2.75, 3.05) is 18.4 Å². The summed E-state index contributed by atoms with van der Waals surface area (Å²) in [6.07, 6.45) is 5.02. The molecule has 0 aliphatic rings. The second kappa shape index (κ2) is 7.90. The topological polar surface area (TPSA) is 109 Å². The fourth-order valence-corrected chi connectivity index (χ4v) is 2.36. The van der Waals surface area contributed by atoms with Gasteiger partial charge < -0.3 is 10.6 Å². The average molecular weight is 347 g/mol. The molecule has 8 nitrogen and oxygen atoms in total. The van der Waals surface area contributed by atoms with Crippen molar-refractivity contribution >= 4 is 11.7 Å². The Morgan fingerprint density at radius 2 is 2.00 bits per heavy atom. The second-order valence-electron chi connectivity index (χ2n) is 5.48. The largest absolute Gasteiger partial charge is 0.368 e. The molecule has 0 saturated heterocycles. The molecule has 8 heteroatoms. The van der Waals surface area contributed by atoms with Gasteiger partial charge in [-0.2, -0.15) is 5.26 Å². The number of benzene rings is 1. The lowest BCUT2D eigenvalue weighted by Gasteiger charge is -2.09. The number of nitrogens with one attached hydrogen (secondary N) is 2. The van der Waals surface area contributed by atoms with E-state index in [1.54, 1.807) is 30.5 Å². The van der Waals surface area contributed by atoms with Crippen molar-refractivity contribution < 1.29 is 4.79 Å². The number of anilines is 1. The van der Waals surface area contributed by atoms with Crippen LogP contribution in [0.25, 0.3) is 5.82 Å². The van der Waals surface area contributed by atoms with Crippen molar-refractivity contribution in [2.24, 2.45) is 0 Å². The summed E-state index contributed by atoms with van der Waals surface area (Å²) in [6.45, 7) is 2.84. The van der Waals surface area contributed by atoms with Gasteiger partial charge in [-0.25, -0.2) is 15.0 Å². The third-order valence-electron chi connectivity index (χ3n) is 3.72. The van der Waals surface area contributed by atoms with Crippen LogP contribution in [0, 0.1) is 18.3 Å². The number of carbonyl (C=O) groups excluding carboxylic acids is 1. The number of rotatable bonds is 6. The molecule has 2 N–H and O–H groups in total. The summed E-state index contributed by atoms with van der Waals surface area (Å²) in [5, 5.41) is 14.7. The molecule has 3 aromatic rings. The van der Waals surface area contributed by atoms with E-state index in [1.807, 2.05) is 29.8 Å². The van der Waals surface area contributed by atoms with E-state index in [2.05, 4.69) is 25.6 Å². The first kappa shape index (κ1) is 17.1. The van der Waals surface area contributed by atoms with E-state index < -0.39 is 0 Å². The lowest BCUT2D eigenvalue weighted by molar-refractivity contribution is 0.0955. The third-order valence-corrected chi connectivity index (χ3v) is 3.72. The standard InChI is InChI=1S/C18H17N7O/c1-13-20-8-9-25(13)17-10-16(23-12-24-17)21-6-7-22-18(26)15-4-2-14(11-19)3-5-15/h2-5,8-10,12H,6-7H2,1H3,(H,22,26)(H,21,23,24). The molecule has 0 unspecified atom stereocenters. The van der Waals surface area contributed by atoms with Gasteiger partial charge in [0, 0.05) is 37.1 Å². The van der Waals surface area contributed by atoms with Gasteiger partial charge in [0.25, 0.3) is 5.91 Å². The quantitative estimate of drug-likeness (QED) is 0.657. The van der Waals surface area contributed by atoms with Crippen molar-refractivity contribution in [3.8, 4) is 11.9 Å². The molecule has 130 valence electrons. The van der Waals surface area contributed by atoms with Crippen LogP contribution in [-0.2, 0) is 0 Å². The molecule has 0 fully saturated rings. The van der Waals surface area contributed by atoms with E-state index in [9.17, 15) is 4.79 Å². The molecule has 2 aromatic heterocycles. The summed E-state index contributed by atoms with van der Waals surface area (Å²) >= 11 is 0. The minimum Gasteiger partial charge on any atom is -0.368 e. The summed E-state index contributed by atoms with van der Waals surface area (Å²) in [4.78, 5) is 24.6. The number of nitrogens with zero attached hydrogens (tertiary/aromatic N) is 5. The van der Waals surface area contributed by atoms with Gasteiger partial charge in [0.2, 0.25) is 0 Å². The predicted octanol–water partition coefficient (Wildman–Crippen LogP) is 1.68. The molecule has 1 amide bonds. The Bertz CT molecular complexity index is 941. The summed E-state index contributed by atoms with van der Waals surface area (Å²) < 4.78 is 1.86. The number of nitriles is 1. The Labute approximate surface area is 150 Å². The Hall–Kier alpha value is -3.73. The minimum atomic E-state index is -0.186. The molecule has 0 spiro atoms. The van der Waals surface area contributed by atoms with Crippen LogP contribution in [0.3, 0.4) is 0 Å². The van der Waals surface area contributed by atoms with Gasteiger partial charge in [0.15, 0.2) is 0 Å². The van der Waals surface area contributed by atoms with Crippen molar-refractivity contribution in [2.45, 2.75) is 6.92 Å². The normalized spacial score (nSPS) is 10.2. The van der Waals surface area contributed by atoms with Gasteiger partial charge in [-0.15, -0.1) is 0 Å². The van der Waals surface area contributed by atoms with Gasteiger partial charge in [-0.1, -0.05) is 0 Å². The van der Waals surface area contributed by atoms with Crippen LogP contribution in [0.2, 0.25) is 0 Å². The molecule has 0 radical (unpaired) electrons. The Balaban J connectivity index is 1.51. The fraction of sp³-hybridized carbons (Fsp3) is 0.167. The highest BCUT2D eigenvalue weighted by Gasteiger charge is 2.06. The first-order valence-corrected chi connectivity index (χ1v) is 8.02. The maximum atomic E-state index is 12.0. The van der Waals surface area contributed by atoms with Gasteiger partial charge in [0.1, 0.15) is 23.8 Å². The van der Waals surface area contributed by atoms with E-state index in [1.165, 1.54) is 6.33 Å². The lowest BCUT2D eigenvalue weighted by Crippen LogP contribution is -2.28. The Morgan fingerprint density at radius 3 is 2.69 bits per heavy atom. The van der Waals surface area contributed by atoms with Gasteiger partial charge in [-0.3, -0.25) is 9.36 Å². The van der Waals surface area contributed by atoms with Gasteiger partial charge >= 0.3 is 0 Å². The molecule has 0 aliphatic carbocycles. The number of carbonyl (C=O) groups is 1. The summed E-state index contributed by atoms with van der Waals surface area (Å²) in [5.41, 5.74) is 1.04.